The van der Waals surface area contributed by atoms with Gasteiger partial charge in [-0.05, 0) is 18.1 Å². The summed E-state index contributed by atoms with van der Waals surface area (Å²) in [5.74, 6) is 0.205. The van der Waals surface area contributed by atoms with E-state index in [4.69, 9.17) is 0 Å². The van der Waals surface area contributed by atoms with E-state index in [0.29, 0.717) is 0 Å². The summed E-state index contributed by atoms with van der Waals surface area (Å²) < 4.78 is 0. The predicted molar refractivity (Wildman–Crippen MR) is 57.3 cm³/mol. The Hall–Kier alpha value is -1.31. The summed E-state index contributed by atoms with van der Waals surface area (Å²) in [4.78, 5) is 13.7. The lowest BCUT2D eigenvalue weighted by Gasteiger charge is -2.36. The van der Waals surface area contributed by atoms with Crippen LogP contribution in [-0.2, 0) is 11.2 Å². The predicted octanol–water partition coefficient (Wildman–Crippen LogP) is 2.23. The summed E-state index contributed by atoms with van der Waals surface area (Å²) >= 11 is 0. The largest absolute Gasteiger partial charge is 0.315 e. The average molecular weight is 189 g/mol. The second-order valence-electron chi connectivity index (χ2n) is 4.55. The number of anilines is 1. The van der Waals surface area contributed by atoms with Crippen LogP contribution in [0.4, 0.5) is 5.69 Å². The minimum atomic E-state index is -0.261. The van der Waals surface area contributed by atoms with Crippen LogP contribution in [0, 0.1) is 5.41 Å². The van der Waals surface area contributed by atoms with E-state index in [1.54, 1.807) is 4.90 Å². The highest BCUT2D eigenvalue weighted by Crippen LogP contribution is 2.35. The molecule has 1 heterocycles. The van der Waals surface area contributed by atoms with Crippen molar-refractivity contribution in [3.8, 4) is 0 Å². The van der Waals surface area contributed by atoms with Crippen molar-refractivity contribution >= 4 is 11.6 Å². The maximum atomic E-state index is 11.9. The number of rotatable bonds is 0. The maximum Gasteiger partial charge on any atom is 0.232 e. The highest BCUT2D eigenvalue weighted by molar-refractivity contribution is 5.99. The number of benzene rings is 1. The molecule has 14 heavy (non-hydrogen) atoms. The van der Waals surface area contributed by atoms with E-state index in [0.717, 1.165) is 12.1 Å². The Bertz CT molecular complexity index is 382. The number of nitrogens with zero attached hydrogens (tertiary/aromatic N) is 1. The molecule has 74 valence electrons. The fourth-order valence-electron chi connectivity index (χ4n) is 2.10. The first-order valence-corrected chi connectivity index (χ1v) is 4.88. The molecule has 0 aromatic heterocycles. The van der Waals surface area contributed by atoms with Crippen molar-refractivity contribution in [1.29, 1.82) is 0 Å². The van der Waals surface area contributed by atoms with Crippen LogP contribution in [0.15, 0.2) is 24.3 Å². The number of hydrogen-bond acceptors (Lipinski definition) is 1. The second-order valence-corrected chi connectivity index (χ2v) is 4.55. The van der Waals surface area contributed by atoms with Gasteiger partial charge in [0.05, 0.1) is 0 Å². The van der Waals surface area contributed by atoms with Crippen LogP contribution in [0.3, 0.4) is 0 Å². The van der Waals surface area contributed by atoms with Gasteiger partial charge in [0.1, 0.15) is 0 Å². The van der Waals surface area contributed by atoms with E-state index in [1.807, 2.05) is 39.1 Å². The minimum absolute atomic E-state index is 0.205. The Morgan fingerprint density at radius 1 is 1.29 bits per heavy atom. The maximum absolute atomic E-state index is 11.9. The zero-order chi connectivity index (χ0) is 10.3. The molecule has 0 unspecified atom stereocenters. The summed E-state index contributed by atoms with van der Waals surface area (Å²) in [7, 11) is 1.85. The van der Waals surface area contributed by atoms with Gasteiger partial charge < -0.3 is 4.90 Å². The first-order valence-electron chi connectivity index (χ1n) is 4.88. The summed E-state index contributed by atoms with van der Waals surface area (Å²) in [6.07, 6.45) is 0.840. The van der Waals surface area contributed by atoms with Crippen LogP contribution in [0.2, 0.25) is 0 Å². The Morgan fingerprint density at radius 2 is 1.93 bits per heavy atom. The van der Waals surface area contributed by atoms with Gasteiger partial charge in [-0.15, -0.1) is 0 Å². The molecule has 2 heteroatoms. The van der Waals surface area contributed by atoms with E-state index in [9.17, 15) is 4.79 Å². The fraction of sp³-hybridized carbons (Fsp3) is 0.417. The van der Waals surface area contributed by atoms with E-state index in [-0.39, 0.29) is 11.3 Å². The number of fused-ring (bicyclic) bond motifs is 1. The molecule has 0 atom stereocenters. The third-order valence-corrected chi connectivity index (χ3v) is 2.87. The van der Waals surface area contributed by atoms with Crippen molar-refractivity contribution in [3.05, 3.63) is 29.8 Å². The van der Waals surface area contributed by atoms with E-state index >= 15 is 0 Å². The lowest BCUT2D eigenvalue weighted by molar-refractivity contribution is -0.126. The summed E-state index contributed by atoms with van der Waals surface area (Å²) in [5, 5.41) is 0. The molecule has 1 aliphatic rings. The molecular weight excluding hydrogens is 174 g/mol. The Labute approximate surface area is 84.5 Å². The van der Waals surface area contributed by atoms with Crippen LogP contribution in [0.1, 0.15) is 19.4 Å². The molecule has 0 radical (unpaired) electrons. The standard InChI is InChI=1S/C12H15NO/c1-12(2)8-9-6-4-5-7-10(9)13(3)11(12)14/h4-7H,8H2,1-3H3. The van der Waals surface area contributed by atoms with Gasteiger partial charge in [-0.1, -0.05) is 32.0 Å². The van der Waals surface area contributed by atoms with Crippen molar-refractivity contribution in [2.24, 2.45) is 5.41 Å². The summed E-state index contributed by atoms with van der Waals surface area (Å²) in [6.45, 7) is 4.00. The zero-order valence-electron chi connectivity index (χ0n) is 8.87. The Morgan fingerprint density at radius 3 is 2.64 bits per heavy atom. The molecular formula is C12H15NO. The Balaban J connectivity index is 2.53. The van der Waals surface area contributed by atoms with Crippen LogP contribution >= 0.6 is 0 Å². The monoisotopic (exact) mass is 189 g/mol. The van der Waals surface area contributed by atoms with Crippen LogP contribution < -0.4 is 4.90 Å². The van der Waals surface area contributed by atoms with Gasteiger partial charge in [-0.3, -0.25) is 4.79 Å². The van der Waals surface area contributed by atoms with Gasteiger partial charge in [-0.2, -0.15) is 0 Å². The van der Waals surface area contributed by atoms with Crippen molar-refractivity contribution in [1.82, 2.24) is 0 Å². The quantitative estimate of drug-likeness (QED) is 0.613. The van der Waals surface area contributed by atoms with Crippen molar-refractivity contribution in [3.63, 3.8) is 0 Å². The molecule has 0 N–H and O–H groups in total. The minimum Gasteiger partial charge on any atom is -0.315 e. The van der Waals surface area contributed by atoms with Gasteiger partial charge in [0.25, 0.3) is 0 Å². The van der Waals surface area contributed by atoms with Gasteiger partial charge in [0.2, 0.25) is 5.91 Å². The van der Waals surface area contributed by atoms with Crippen molar-refractivity contribution in [2.75, 3.05) is 11.9 Å². The van der Waals surface area contributed by atoms with Crippen LogP contribution in [-0.4, -0.2) is 13.0 Å². The normalized spacial score (nSPS) is 19.4. The first kappa shape index (κ1) is 9.25. The lowest BCUT2D eigenvalue weighted by atomic mass is 9.80. The zero-order valence-corrected chi connectivity index (χ0v) is 8.87. The first-order chi connectivity index (χ1) is 6.52. The molecule has 1 amide bonds. The number of amides is 1. The number of para-hydroxylation sites is 1. The number of hydrogen-bond donors (Lipinski definition) is 0. The van der Waals surface area contributed by atoms with Crippen LogP contribution in [0.5, 0.6) is 0 Å². The van der Waals surface area contributed by atoms with E-state index in [1.165, 1.54) is 5.56 Å². The SMILES string of the molecule is CN1C(=O)C(C)(C)Cc2ccccc21. The molecule has 1 aliphatic heterocycles. The molecule has 1 aromatic rings. The van der Waals surface area contributed by atoms with Gasteiger partial charge in [0, 0.05) is 18.2 Å². The van der Waals surface area contributed by atoms with Crippen LogP contribution in [0.25, 0.3) is 0 Å². The molecule has 2 rings (SSSR count). The third-order valence-electron chi connectivity index (χ3n) is 2.87. The number of carbonyl (C=O) groups excluding carboxylic acids is 1. The van der Waals surface area contributed by atoms with Crippen molar-refractivity contribution < 1.29 is 4.79 Å². The Kier molecular flexibility index (Phi) is 1.88. The average Bonchev–Trinajstić information content (AvgIpc) is 2.14. The summed E-state index contributed by atoms with van der Waals surface area (Å²) in [5.41, 5.74) is 2.06. The molecule has 0 saturated carbocycles. The van der Waals surface area contributed by atoms with Gasteiger partial charge in [0.15, 0.2) is 0 Å². The van der Waals surface area contributed by atoms with Gasteiger partial charge in [-0.25, -0.2) is 0 Å². The molecule has 0 saturated heterocycles. The van der Waals surface area contributed by atoms with Crippen molar-refractivity contribution in [2.45, 2.75) is 20.3 Å². The fourth-order valence-corrected chi connectivity index (χ4v) is 2.10. The smallest absolute Gasteiger partial charge is 0.232 e. The molecule has 1 aromatic carbocycles. The highest BCUT2D eigenvalue weighted by Gasteiger charge is 2.36. The highest BCUT2D eigenvalue weighted by atomic mass is 16.2. The lowest BCUT2D eigenvalue weighted by Crippen LogP contribution is -2.44. The summed E-state index contributed by atoms with van der Waals surface area (Å²) in [6, 6.07) is 8.10. The third kappa shape index (κ3) is 1.22. The molecule has 2 nitrogen and oxygen atoms in total. The van der Waals surface area contributed by atoms with E-state index < -0.39 is 0 Å². The molecule has 0 fully saturated rings. The molecule has 0 spiro atoms. The number of carbonyl (C=O) groups is 1. The topological polar surface area (TPSA) is 20.3 Å². The molecule has 0 bridgehead atoms. The molecule has 0 aliphatic carbocycles. The van der Waals surface area contributed by atoms with Gasteiger partial charge >= 0.3 is 0 Å². The second kappa shape index (κ2) is 2.84. The van der Waals surface area contributed by atoms with E-state index in [2.05, 4.69) is 6.07 Å².